The number of benzene rings is 1. The van der Waals surface area contributed by atoms with Crippen molar-refractivity contribution in [1.82, 2.24) is 0 Å². The van der Waals surface area contributed by atoms with Crippen molar-refractivity contribution in [2.45, 2.75) is 6.42 Å². The fourth-order valence-electron chi connectivity index (χ4n) is 1.44. The van der Waals surface area contributed by atoms with Gasteiger partial charge in [-0.3, -0.25) is 0 Å². The van der Waals surface area contributed by atoms with E-state index in [0.29, 0.717) is 15.9 Å². The van der Waals surface area contributed by atoms with Crippen LogP contribution in [0.5, 0.6) is 0 Å². The van der Waals surface area contributed by atoms with Gasteiger partial charge in [-0.2, -0.15) is 5.26 Å². The average molecular weight is 363 g/mol. The van der Waals surface area contributed by atoms with E-state index in [4.69, 9.17) is 16.9 Å². The summed E-state index contributed by atoms with van der Waals surface area (Å²) in [4.78, 5) is 0. The summed E-state index contributed by atoms with van der Waals surface area (Å²) in [7, 11) is 6.19. The molecule has 1 aromatic rings. The van der Waals surface area contributed by atoms with Crippen LogP contribution < -0.4 is 24.0 Å². The van der Waals surface area contributed by atoms with Crippen molar-refractivity contribution >= 4 is 17.2 Å². The van der Waals surface area contributed by atoms with E-state index in [1.54, 1.807) is 0 Å². The lowest BCUT2D eigenvalue weighted by molar-refractivity contribution is -0.816. The summed E-state index contributed by atoms with van der Waals surface area (Å²) in [6.07, 6.45) is 2.49. The molecule has 0 atom stereocenters. The SMILES string of the molecule is C[N+](C)(C)/C=C(\CC#N)c1ccc(Cl)cc1.[I-]. The van der Waals surface area contributed by atoms with Crippen LogP contribution in [0.4, 0.5) is 0 Å². The molecule has 1 rings (SSSR count). The number of quaternary nitrogens is 1. The van der Waals surface area contributed by atoms with Crippen molar-refractivity contribution in [2.75, 3.05) is 21.1 Å². The zero-order valence-corrected chi connectivity index (χ0v) is 13.2. The predicted octanol–water partition coefficient (Wildman–Crippen LogP) is 0.305. The smallest absolute Gasteiger partial charge is 0.100 e. The van der Waals surface area contributed by atoms with Gasteiger partial charge in [0.25, 0.3) is 0 Å². The van der Waals surface area contributed by atoms with Crippen molar-refractivity contribution in [3.05, 3.63) is 41.1 Å². The predicted molar refractivity (Wildman–Crippen MR) is 67.7 cm³/mol. The Morgan fingerprint density at radius 1 is 1.29 bits per heavy atom. The quantitative estimate of drug-likeness (QED) is 0.561. The minimum Gasteiger partial charge on any atom is -1.00 e. The van der Waals surface area contributed by atoms with Crippen LogP contribution in [0.1, 0.15) is 12.0 Å². The van der Waals surface area contributed by atoms with Gasteiger partial charge in [-0.15, -0.1) is 0 Å². The van der Waals surface area contributed by atoms with Crippen LogP contribution in [0.2, 0.25) is 5.02 Å². The lowest BCUT2D eigenvalue weighted by atomic mass is 10.0. The van der Waals surface area contributed by atoms with Gasteiger partial charge in [0, 0.05) is 10.6 Å². The van der Waals surface area contributed by atoms with E-state index in [0.717, 1.165) is 11.1 Å². The van der Waals surface area contributed by atoms with Crippen LogP contribution in [-0.4, -0.2) is 25.6 Å². The number of hydrogen-bond donors (Lipinski definition) is 0. The monoisotopic (exact) mass is 362 g/mol. The molecule has 0 bridgehead atoms. The topological polar surface area (TPSA) is 23.8 Å². The maximum Gasteiger partial charge on any atom is 0.100 e. The second-order valence-electron chi connectivity index (χ2n) is 4.61. The van der Waals surface area contributed by atoms with Gasteiger partial charge in [0.05, 0.1) is 33.6 Å². The van der Waals surface area contributed by atoms with Gasteiger partial charge < -0.3 is 28.5 Å². The summed E-state index contributed by atoms with van der Waals surface area (Å²) >= 11 is 5.84. The molecule has 0 aliphatic rings. The van der Waals surface area contributed by atoms with E-state index in [1.807, 2.05) is 24.3 Å². The first kappa shape index (κ1) is 16.4. The number of rotatable bonds is 3. The van der Waals surface area contributed by atoms with Gasteiger partial charge >= 0.3 is 0 Å². The van der Waals surface area contributed by atoms with E-state index >= 15 is 0 Å². The first-order valence-electron chi connectivity index (χ1n) is 5.08. The molecule has 1 aromatic carbocycles. The summed E-state index contributed by atoms with van der Waals surface area (Å²) in [6, 6.07) is 9.77. The molecule has 0 N–H and O–H groups in total. The highest BCUT2D eigenvalue weighted by molar-refractivity contribution is 6.30. The van der Waals surface area contributed by atoms with E-state index in [-0.39, 0.29) is 24.0 Å². The van der Waals surface area contributed by atoms with Gasteiger partial charge in [-0.25, -0.2) is 0 Å². The Labute approximate surface area is 125 Å². The minimum absolute atomic E-state index is 0. The van der Waals surface area contributed by atoms with Gasteiger partial charge in [0.1, 0.15) is 6.20 Å². The first-order chi connectivity index (χ1) is 7.42. The van der Waals surface area contributed by atoms with Crippen molar-refractivity contribution < 1.29 is 28.5 Å². The Hall–Kier alpha value is -0.570. The standard InChI is InChI=1S/C13H16ClN2.HI/c1-16(2,3)10-12(8-9-15)11-4-6-13(14)7-5-11;/h4-7,10H,8H2,1-3H3;1H/q+1;/p-1/b12-10+;. The van der Waals surface area contributed by atoms with Crippen LogP contribution in [-0.2, 0) is 0 Å². The summed E-state index contributed by atoms with van der Waals surface area (Å²) < 4.78 is 0.694. The highest BCUT2D eigenvalue weighted by Gasteiger charge is 2.09. The first-order valence-corrected chi connectivity index (χ1v) is 5.46. The van der Waals surface area contributed by atoms with E-state index in [2.05, 4.69) is 33.4 Å². The molecule has 92 valence electrons. The maximum atomic E-state index is 8.83. The normalized spacial score (nSPS) is 11.6. The Morgan fingerprint density at radius 3 is 2.24 bits per heavy atom. The minimum atomic E-state index is 0. The molecule has 0 aliphatic carbocycles. The molecule has 0 fully saturated rings. The fraction of sp³-hybridized carbons (Fsp3) is 0.308. The van der Waals surface area contributed by atoms with Gasteiger partial charge in [-0.1, -0.05) is 23.7 Å². The Morgan fingerprint density at radius 2 is 1.82 bits per heavy atom. The molecule has 0 heterocycles. The molecule has 0 amide bonds. The zero-order valence-electron chi connectivity index (χ0n) is 10.2. The molecule has 17 heavy (non-hydrogen) atoms. The van der Waals surface area contributed by atoms with E-state index in [9.17, 15) is 0 Å². The third-order valence-electron chi connectivity index (χ3n) is 2.03. The van der Waals surface area contributed by atoms with Gasteiger partial charge in [0.15, 0.2) is 0 Å². The largest absolute Gasteiger partial charge is 1.00 e. The van der Waals surface area contributed by atoms with Crippen LogP contribution >= 0.6 is 11.6 Å². The van der Waals surface area contributed by atoms with Crippen molar-refractivity contribution in [3.8, 4) is 6.07 Å². The van der Waals surface area contributed by atoms with E-state index in [1.165, 1.54) is 0 Å². The third kappa shape index (κ3) is 6.06. The molecular formula is C13H16ClIN2. The summed E-state index contributed by atoms with van der Waals surface area (Å²) in [5.74, 6) is 0. The van der Waals surface area contributed by atoms with Crippen LogP contribution in [0.25, 0.3) is 5.57 Å². The van der Waals surface area contributed by atoms with Crippen molar-refractivity contribution in [3.63, 3.8) is 0 Å². The van der Waals surface area contributed by atoms with Gasteiger partial charge in [-0.05, 0) is 17.7 Å². The Kier molecular flexibility index (Phi) is 6.76. The lowest BCUT2D eigenvalue weighted by Crippen LogP contribution is -3.00. The molecule has 2 nitrogen and oxygen atoms in total. The average Bonchev–Trinajstić information content (AvgIpc) is 2.16. The molecule has 0 radical (unpaired) electrons. The summed E-state index contributed by atoms with van der Waals surface area (Å²) in [6.45, 7) is 0. The number of nitrogens with zero attached hydrogens (tertiary/aromatic N) is 2. The van der Waals surface area contributed by atoms with Crippen molar-refractivity contribution in [2.24, 2.45) is 0 Å². The fourth-order valence-corrected chi connectivity index (χ4v) is 1.56. The second kappa shape index (κ2) is 7.00. The molecule has 0 saturated heterocycles. The Balaban J connectivity index is 0.00000256. The molecule has 0 aliphatic heterocycles. The Bertz CT molecular complexity index is 424. The highest BCUT2D eigenvalue weighted by Crippen LogP contribution is 2.21. The summed E-state index contributed by atoms with van der Waals surface area (Å²) in [5, 5.41) is 9.54. The molecule has 0 saturated carbocycles. The van der Waals surface area contributed by atoms with Crippen LogP contribution in [0.15, 0.2) is 30.5 Å². The molecular weight excluding hydrogens is 347 g/mol. The maximum absolute atomic E-state index is 8.83. The number of allylic oxidation sites excluding steroid dienone is 1. The molecule has 0 unspecified atom stereocenters. The van der Waals surface area contributed by atoms with E-state index < -0.39 is 0 Å². The molecule has 0 spiro atoms. The molecule has 0 aromatic heterocycles. The number of nitriles is 1. The highest BCUT2D eigenvalue weighted by atomic mass is 127. The lowest BCUT2D eigenvalue weighted by Gasteiger charge is -2.19. The van der Waals surface area contributed by atoms with Crippen LogP contribution in [0, 0.1) is 11.3 Å². The number of hydrogen-bond acceptors (Lipinski definition) is 1. The number of halogens is 2. The second-order valence-corrected chi connectivity index (χ2v) is 5.05. The third-order valence-corrected chi connectivity index (χ3v) is 2.28. The zero-order chi connectivity index (χ0) is 12.2. The van der Waals surface area contributed by atoms with Crippen molar-refractivity contribution in [1.29, 1.82) is 5.26 Å². The van der Waals surface area contributed by atoms with Gasteiger partial charge in [0.2, 0.25) is 0 Å². The summed E-state index contributed by atoms with van der Waals surface area (Å²) in [5.41, 5.74) is 2.09. The van der Waals surface area contributed by atoms with Crippen LogP contribution in [0.3, 0.4) is 0 Å². The molecule has 4 heteroatoms.